The number of aliphatic imine (C=N–C) groups is 1. The van der Waals surface area contributed by atoms with Crippen molar-refractivity contribution in [1.82, 2.24) is 10.2 Å². The molecule has 172 valence electrons. The number of nitro groups is 1. The number of guanidine groups is 1. The minimum Gasteiger partial charge on any atom is -0.435 e. The maximum absolute atomic E-state index is 12.3. The first-order valence-electron chi connectivity index (χ1n) is 10.2. The van der Waals surface area contributed by atoms with E-state index in [1.165, 1.54) is 24.3 Å². The fourth-order valence-corrected chi connectivity index (χ4v) is 3.31. The van der Waals surface area contributed by atoms with Crippen LogP contribution in [0.5, 0.6) is 5.75 Å². The Balaban J connectivity index is 1.67. The molecule has 1 aliphatic rings. The van der Waals surface area contributed by atoms with Crippen LogP contribution in [-0.2, 0) is 17.8 Å². The summed E-state index contributed by atoms with van der Waals surface area (Å²) in [6.07, 6.45) is 0.984. The third-order valence-corrected chi connectivity index (χ3v) is 5.06. The van der Waals surface area contributed by atoms with Crippen LogP contribution in [0.1, 0.15) is 17.5 Å². The molecule has 0 aromatic heterocycles. The fraction of sp³-hybridized carbons (Fsp3) is 0.409. The van der Waals surface area contributed by atoms with E-state index in [9.17, 15) is 18.9 Å². The molecule has 1 aliphatic heterocycles. The van der Waals surface area contributed by atoms with E-state index in [4.69, 9.17) is 4.74 Å². The quantitative estimate of drug-likeness (QED) is 0.272. The van der Waals surface area contributed by atoms with Gasteiger partial charge in [0.1, 0.15) is 5.75 Å². The summed E-state index contributed by atoms with van der Waals surface area (Å²) in [5, 5.41) is 14.2. The molecule has 0 amide bonds. The van der Waals surface area contributed by atoms with Crippen LogP contribution in [0.2, 0.25) is 0 Å². The number of hydrogen-bond acceptors (Lipinski definition) is 5. The Bertz CT molecular complexity index is 901. The van der Waals surface area contributed by atoms with Crippen LogP contribution in [0.15, 0.2) is 53.5 Å². The van der Waals surface area contributed by atoms with Crippen LogP contribution in [0.4, 0.5) is 14.5 Å². The Kier molecular flexibility index (Phi) is 8.32. The topological polar surface area (TPSA) is 89.2 Å². The molecule has 32 heavy (non-hydrogen) atoms. The van der Waals surface area contributed by atoms with Crippen molar-refractivity contribution in [2.24, 2.45) is 10.9 Å². The fourth-order valence-electron chi connectivity index (χ4n) is 3.31. The zero-order valence-electron chi connectivity index (χ0n) is 17.7. The van der Waals surface area contributed by atoms with Gasteiger partial charge in [0.25, 0.3) is 5.69 Å². The van der Waals surface area contributed by atoms with E-state index in [1.54, 1.807) is 24.3 Å². The average Bonchev–Trinajstić information content (AvgIpc) is 3.28. The monoisotopic (exact) mass is 448 g/mol. The minimum absolute atomic E-state index is 0.0358. The smallest absolute Gasteiger partial charge is 0.387 e. The number of benzene rings is 2. The summed E-state index contributed by atoms with van der Waals surface area (Å²) in [5.41, 5.74) is 1.79. The van der Waals surface area contributed by atoms with E-state index in [1.807, 2.05) is 11.9 Å². The van der Waals surface area contributed by atoms with Crippen LogP contribution >= 0.6 is 0 Å². The molecule has 1 saturated heterocycles. The normalized spacial score (nSPS) is 16.2. The van der Waals surface area contributed by atoms with Crippen molar-refractivity contribution in [2.75, 3.05) is 26.8 Å². The molecule has 1 unspecified atom stereocenters. The van der Waals surface area contributed by atoms with Crippen molar-refractivity contribution in [3.05, 3.63) is 69.8 Å². The Morgan fingerprint density at radius 3 is 2.53 bits per heavy atom. The van der Waals surface area contributed by atoms with E-state index in [2.05, 4.69) is 15.0 Å². The lowest BCUT2D eigenvalue weighted by Crippen LogP contribution is -2.41. The number of hydrogen-bond donors (Lipinski definition) is 1. The van der Waals surface area contributed by atoms with E-state index in [0.717, 1.165) is 24.2 Å². The molecule has 10 heteroatoms. The third-order valence-electron chi connectivity index (χ3n) is 5.06. The molecule has 0 spiro atoms. The van der Waals surface area contributed by atoms with E-state index < -0.39 is 11.5 Å². The highest BCUT2D eigenvalue weighted by Crippen LogP contribution is 2.17. The van der Waals surface area contributed by atoms with Gasteiger partial charge in [-0.2, -0.15) is 8.78 Å². The zero-order valence-corrected chi connectivity index (χ0v) is 17.7. The Hall–Kier alpha value is -3.27. The van der Waals surface area contributed by atoms with Crippen LogP contribution in [0, 0.1) is 16.0 Å². The van der Waals surface area contributed by atoms with Crippen molar-refractivity contribution >= 4 is 11.6 Å². The molecule has 1 N–H and O–H groups in total. The molecule has 0 radical (unpaired) electrons. The third kappa shape index (κ3) is 7.16. The predicted octanol–water partition coefficient (Wildman–Crippen LogP) is 3.81. The standard InChI is InChI=1S/C22H26F2N4O4/c1-27(14-17-4-8-20(9-5-17)32-21(23)24)22(26-13-18-10-11-31-15-18)25-12-16-2-6-19(7-3-16)28(29)30/h2-9,18,21H,10-15H2,1H3,(H,25,26). The summed E-state index contributed by atoms with van der Waals surface area (Å²) in [5.74, 6) is 1.18. The highest BCUT2D eigenvalue weighted by atomic mass is 19.3. The predicted molar refractivity (Wildman–Crippen MR) is 116 cm³/mol. The van der Waals surface area contributed by atoms with Gasteiger partial charge in [-0.25, -0.2) is 4.99 Å². The summed E-state index contributed by atoms with van der Waals surface area (Å²) in [6, 6.07) is 12.8. The molecule has 2 aromatic rings. The van der Waals surface area contributed by atoms with Crippen LogP contribution in [0.25, 0.3) is 0 Å². The van der Waals surface area contributed by atoms with Gasteiger partial charge in [-0.15, -0.1) is 0 Å². The molecule has 1 heterocycles. The van der Waals surface area contributed by atoms with Gasteiger partial charge in [0, 0.05) is 44.8 Å². The van der Waals surface area contributed by atoms with Crippen molar-refractivity contribution < 1.29 is 23.2 Å². The van der Waals surface area contributed by atoms with Crippen molar-refractivity contribution in [1.29, 1.82) is 0 Å². The maximum atomic E-state index is 12.3. The minimum atomic E-state index is -2.86. The van der Waals surface area contributed by atoms with Gasteiger partial charge in [-0.05, 0) is 29.7 Å². The van der Waals surface area contributed by atoms with Crippen LogP contribution in [-0.4, -0.2) is 49.2 Å². The average molecular weight is 448 g/mol. The summed E-state index contributed by atoms with van der Waals surface area (Å²) in [4.78, 5) is 17.0. The first-order valence-corrected chi connectivity index (χ1v) is 10.2. The number of nitrogens with zero attached hydrogens (tertiary/aromatic N) is 3. The molecule has 8 nitrogen and oxygen atoms in total. The van der Waals surface area contributed by atoms with E-state index in [-0.39, 0.29) is 11.4 Å². The lowest BCUT2D eigenvalue weighted by molar-refractivity contribution is -0.384. The molecule has 2 aromatic carbocycles. The second-order valence-electron chi connectivity index (χ2n) is 7.55. The van der Waals surface area contributed by atoms with Crippen LogP contribution < -0.4 is 10.1 Å². The highest BCUT2D eigenvalue weighted by Gasteiger charge is 2.17. The summed E-state index contributed by atoms with van der Waals surface area (Å²) in [6.45, 7) is 0.174. The Labute approximate surface area is 185 Å². The van der Waals surface area contributed by atoms with E-state index >= 15 is 0 Å². The number of ether oxygens (including phenoxy) is 2. The van der Waals surface area contributed by atoms with Gasteiger partial charge >= 0.3 is 6.61 Å². The molecular formula is C22H26F2N4O4. The van der Waals surface area contributed by atoms with Gasteiger partial charge in [-0.1, -0.05) is 24.3 Å². The number of alkyl halides is 2. The molecule has 3 rings (SSSR count). The lowest BCUT2D eigenvalue weighted by Gasteiger charge is -2.24. The van der Waals surface area contributed by atoms with Gasteiger partial charge in [-0.3, -0.25) is 10.1 Å². The first kappa shape index (κ1) is 23.4. The van der Waals surface area contributed by atoms with Gasteiger partial charge in [0.15, 0.2) is 5.96 Å². The molecule has 1 atom stereocenters. The molecule has 0 saturated carbocycles. The lowest BCUT2D eigenvalue weighted by atomic mass is 10.1. The SMILES string of the molecule is CN(Cc1ccc(OC(F)F)cc1)C(=NCc1ccc([N+](=O)[O-])cc1)NCC1CCOC1. The van der Waals surface area contributed by atoms with Crippen molar-refractivity contribution in [2.45, 2.75) is 26.1 Å². The van der Waals surface area contributed by atoms with Crippen molar-refractivity contribution in [3.63, 3.8) is 0 Å². The van der Waals surface area contributed by atoms with Crippen molar-refractivity contribution in [3.8, 4) is 5.75 Å². The largest absolute Gasteiger partial charge is 0.435 e. The van der Waals surface area contributed by atoms with Crippen LogP contribution in [0.3, 0.4) is 0 Å². The molecule has 1 fully saturated rings. The molecule has 0 aliphatic carbocycles. The number of nitro benzene ring substituents is 1. The number of halogens is 2. The van der Waals surface area contributed by atoms with Gasteiger partial charge in [0.05, 0.1) is 18.1 Å². The number of nitrogens with one attached hydrogen (secondary N) is 1. The summed E-state index contributed by atoms with van der Waals surface area (Å²) in [7, 11) is 1.89. The maximum Gasteiger partial charge on any atom is 0.387 e. The second kappa shape index (κ2) is 11.4. The molecule has 0 bridgehead atoms. The zero-order chi connectivity index (χ0) is 22.9. The molecular weight excluding hydrogens is 422 g/mol. The van der Waals surface area contributed by atoms with E-state index in [0.29, 0.717) is 38.1 Å². The van der Waals surface area contributed by atoms with Gasteiger partial charge < -0.3 is 19.7 Å². The summed E-state index contributed by atoms with van der Waals surface area (Å²) >= 11 is 0. The number of non-ortho nitro benzene ring substituents is 1. The first-order chi connectivity index (χ1) is 15.4. The Morgan fingerprint density at radius 2 is 1.94 bits per heavy atom. The highest BCUT2D eigenvalue weighted by molar-refractivity contribution is 5.79. The Morgan fingerprint density at radius 1 is 1.25 bits per heavy atom. The summed E-state index contributed by atoms with van der Waals surface area (Å²) < 4.78 is 34.5. The number of rotatable bonds is 9. The second-order valence-corrected chi connectivity index (χ2v) is 7.55. The van der Waals surface area contributed by atoms with Gasteiger partial charge in [0.2, 0.25) is 0 Å².